The molecule has 1 N–H and O–H groups in total. The second kappa shape index (κ2) is 5.59. The number of esters is 1. The summed E-state index contributed by atoms with van der Waals surface area (Å²) in [6.07, 6.45) is 10.6. The molecule has 2 saturated carbocycles. The van der Waals surface area contributed by atoms with E-state index in [-0.39, 0.29) is 24.1 Å². The van der Waals surface area contributed by atoms with Gasteiger partial charge in [-0.3, -0.25) is 14.9 Å². The van der Waals surface area contributed by atoms with Crippen molar-refractivity contribution in [3.8, 4) is 0 Å². The van der Waals surface area contributed by atoms with E-state index in [0.717, 1.165) is 51.4 Å². The predicted molar refractivity (Wildman–Crippen MR) is 78.5 cm³/mol. The maximum atomic E-state index is 13.1. The van der Waals surface area contributed by atoms with E-state index in [1.54, 1.807) is 0 Å². The van der Waals surface area contributed by atoms with E-state index in [2.05, 4.69) is 5.32 Å². The Morgan fingerprint density at radius 2 is 1.67 bits per heavy atom. The molecule has 0 unspecified atom stereocenters. The second-order valence-corrected chi connectivity index (χ2v) is 6.83. The van der Waals surface area contributed by atoms with Crippen LogP contribution < -0.4 is 5.32 Å². The molecular weight excluding hydrogens is 268 g/mol. The molecule has 1 heterocycles. The van der Waals surface area contributed by atoms with E-state index in [0.29, 0.717) is 0 Å². The van der Waals surface area contributed by atoms with Crippen LogP contribution in [-0.2, 0) is 14.3 Å². The third-order valence-electron chi connectivity index (χ3n) is 5.55. The Morgan fingerprint density at radius 1 is 1.10 bits per heavy atom. The smallest absolute Gasteiger partial charge is 0.325 e. The molecule has 1 aliphatic heterocycles. The highest BCUT2D eigenvalue weighted by atomic mass is 16.5. The Morgan fingerprint density at radius 3 is 2.24 bits per heavy atom. The molecule has 1 amide bonds. The van der Waals surface area contributed by atoms with Crippen LogP contribution in [0.5, 0.6) is 0 Å². The normalized spacial score (nSPS) is 27.3. The molecule has 2 spiro atoms. The summed E-state index contributed by atoms with van der Waals surface area (Å²) in [6.45, 7) is 0.0874. The average molecular weight is 294 g/mol. The van der Waals surface area contributed by atoms with Gasteiger partial charge in [-0.1, -0.05) is 25.7 Å². The van der Waals surface area contributed by atoms with Crippen LogP contribution in [0.25, 0.3) is 0 Å². The van der Waals surface area contributed by atoms with Crippen molar-refractivity contribution >= 4 is 11.9 Å². The van der Waals surface area contributed by atoms with Gasteiger partial charge in [0, 0.05) is 0 Å². The van der Waals surface area contributed by atoms with Gasteiger partial charge < -0.3 is 9.64 Å². The van der Waals surface area contributed by atoms with E-state index in [1.165, 1.54) is 20.0 Å². The minimum absolute atomic E-state index is 0.0874. The van der Waals surface area contributed by atoms with Crippen LogP contribution in [0.1, 0.15) is 64.2 Å². The molecule has 5 heteroatoms. The second-order valence-electron chi connectivity index (χ2n) is 6.83. The van der Waals surface area contributed by atoms with Crippen molar-refractivity contribution < 1.29 is 14.3 Å². The number of nitrogens with one attached hydrogen (secondary N) is 1. The van der Waals surface area contributed by atoms with Gasteiger partial charge in [0.1, 0.15) is 6.54 Å². The fourth-order valence-electron chi connectivity index (χ4n) is 4.46. The van der Waals surface area contributed by atoms with Crippen LogP contribution in [0.3, 0.4) is 0 Å². The molecule has 0 bridgehead atoms. The number of carbonyl (C=O) groups is 2. The Labute approximate surface area is 126 Å². The molecule has 0 atom stereocenters. The van der Waals surface area contributed by atoms with Crippen LogP contribution in [0.2, 0.25) is 0 Å². The molecule has 2 aliphatic carbocycles. The van der Waals surface area contributed by atoms with Crippen molar-refractivity contribution in [1.82, 2.24) is 10.2 Å². The summed E-state index contributed by atoms with van der Waals surface area (Å²) in [5.41, 5.74) is -0.718. The van der Waals surface area contributed by atoms with Gasteiger partial charge in [-0.05, 0) is 38.5 Å². The van der Waals surface area contributed by atoms with Crippen LogP contribution in [-0.4, -0.2) is 41.6 Å². The molecule has 5 nitrogen and oxygen atoms in total. The molecule has 3 fully saturated rings. The minimum atomic E-state index is -0.413. The molecule has 3 aliphatic rings. The number of amides is 1. The zero-order valence-electron chi connectivity index (χ0n) is 13.0. The molecule has 118 valence electrons. The summed E-state index contributed by atoms with van der Waals surface area (Å²) in [5, 5.41) is 3.72. The summed E-state index contributed by atoms with van der Waals surface area (Å²) >= 11 is 0. The van der Waals surface area contributed by atoms with Crippen molar-refractivity contribution in [2.24, 2.45) is 0 Å². The monoisotopic (exact) mass is 294 g/mol. The summed E-state index contributed by atoms with van der Waals surface area (Å²) < 4.78 is 4.81. The molecule has 21 heavy (non-hydrogen) atoms. The molecule has 0 radical (unpaired) electrons. The first-order valence-electron chi connectivity index (χ1n) is 8.30. The van der Waals surface area contributed by atoms with E-state index in [9.17, 15) is 9.59 Å². The average Bonchev–Trinajstić information content (AvgIpc) is 2.71. The van der Waals surface area contributed by atoms with E-state index in [1.807, 2.05) is 4.90 Å². The van der Waals surface area contributed by atoms with E-state index in [4.69, 9.17) is 4.74 Å². The van der Waals surface area contributed by atoms with Gasteiger partial charge >= 0.3 is 5.97 Å². The highest BCUT2D eigenvalue weighted by molar-refractivity contribution is 5.92. The molecule has 3 rings (SSSR count). The third-order valence-corrected chi connectivity index (χ3v) is 5.55. The van der Waals surface area contributed by atoms with Gasteiger partial charge in [0.15, 0.2) is 0 Å². The number of hydrogen-bond acceptors (Lipinski definition) is 4. The predicted octanol–water partition coefficient (Wildman–Crippen LogP) is 1.95. The van der Waals surface area contributed by atoms with Crippen molar-refractivity contribution in [3.05, 3.63) is 0 Å². The summed E-state index contributed by atoms with van der Waals surface area (Å²) in [7, 11) is 1.39. The highest BCUT2D eigenvalue weighted by Gasteiger charge is 2.58. The van der Waals surface area contributed by atoms with Crippen molar-refractivity contribution in [1.29, 1.82) is 0 Å². The molecule has 0 aromatic carbocycles. The van der Waals surface area contributed by atoms with Crippen LogP contribution in [0.4, 0.5) is 0 Å². The SMILES string of the molecule is COC(=O)CN1C(=O)C2(CCCCC2)NC12CCCCC2. The fraction of sp³-hybridized carbons (Fsp3) is 0.875. The first-order chi connectivity index (χ1) is 10.1. The van der Waals surface area contributed by atoms with Crippen LogP contribution in [0, 0.1) is 0 Å². The molecule has 0 aromatic heterocycles. The van der Waals surface area contributed by atoms with E-state index < -0.39 is 5.54 Å². The van der Waals surface area contributed by atoms with Crippen molar-refractivity contribution in [2.75, 3.05) is 13.7 Å². The maximum Gasteiger partial charge on any atom is 0.325 e. The zero-order chi connectivity index (χ0) is 14.9. The van der Waals surface area contributed by atoms with Crippen LogP contribution >= 0.6 is 0 Å². The lowest BCUT2D eigenvalue weighted by Crippen LogP contribution is -2.57. The van der Waals surface area contributed by atoms with Crippen molar-refractivity contribution in [3.63, 3.8) is 0 Å². The van der Waals surface area contributed by atoms with Gasteiger partial charge in [0.2, 0.25) is 5.91 Å². The Kier molecular flexibility index (Phi) is 3.95. The molecule has 0 aromatic rings. The lowest BCUT2D eigenvalue weighted by atomic mass is 9.81. The lowest BCUT2D eigenvalue weighted by molar-refractivity contribution is -0.150. The highest BCUT2D eigenvalue weighted by Crippen LogP contribution is 2.44. The van der Waals surface area contributed by atoms with Gasteiger partial charge in [0.25, 0.3) is 0 Å². The lowest BCUT2D eigenvalue weighted by Gasteiger charge is -2.41. The quantitative estimate of drug-likeness (QED) is 0.791. The minimum Gasteiger partial charge on any atom is -0.468 e. The Bertz CT molecular complexity index is 423. The number of nitrogens with zero attached hydrogens (tertiary/aromatic N) is 1. The zero-order valence-corrected chi connectivity index (χ0v) is 13.0. The number of rotatable bonds is 2. The fourth-order valence-corrected chi connectivity index (χ4v) is 4.46. The van der Waals surface area contributed by atoms with Crippen molar-refractivity contribution in [2.45, 2.75) is 75.4 Å². The topological polar surface area (TPSA) is 58.6 Å². The standard InChI is InChI=1S/C16H26N2O3/c1-21-13(19)12-18-14(20)15(8-4-2-5-9-15)17-16(18)10-6-3-7-11-16/h17H,2-12H2,1H3. The number of ether oxygens (including phenoxy) is 1. The molecule has 1 saturated heterocycles. The van der Waals surface area contributed by atoms with Gasteiger partial charge in [-0.15, -0.1) is 0 Å². The number of hydrogen-bond donors (Lipinski definition) is 1. The largest absolute Gasteiger partial charge is 0.468 e. The Hall–Kier alpha value is -1.10. The third kappa shape index (κ3) is 2.45. The van der Waals surface area contributed by atoms with Crippen LogP contribution in [0.15, 0.2) is 0 Å². The van der Waals surface area contributed by atoms with Gasteiger partial charge in [0.05, 0.1) is 18.3 Å². The summed E-state index contributed by atoms with van der Waals surface area (Å²) in [4.78, 5) is 26.6. The van der Waals surface area contributed by atoms with E-state index >= 15 is 0 Å². The Balaban J connectivity index is 1.89. The van der Waals surface area contributed by atoms with Gasteiger partial charge in [-0.25, -0.2) is 0 Å². The van der Waals surface area contributed by atoms with Gasteiger partial charge in [-0.2, -0.15) is 0 Å². The summed E-state index contributed by atoms with van der Waals surface area (Å²) in [6, 6.07) is 0. The summed E-state index contributed by atoms with van der Waals surface area (Å²) in [5.74, 6) is -0.183. The first-order valence-corrected chi connectivity index (χ1v) is 8.30. The number of methoxy groups -OCH3 is 1. The number of carbonyl (C=O) groups excluding carboxylic acids is 2. The first kappa shape index (κ1) is 14.8. The maximum absolute atomic E-state index is 13.1. The molecular formula is C16H26N2O3.